The molecule has 3 fully saturated rings. The van der Waals surface area contributed by atoms with Crippen LogP contribution in [0.1, 0.15) is 44.6 Å². The van der Waals surface area contributed by atoms with E-state index in [9.17, 15) is 20.1 Å². The Hall–Kier alpha value is -2.36. The summed E-state index contributed by atoms with van der Waals surface area (Å²) in [7, 11) is 3.61. The van der Waals surface area contributed by atoms with Crippen LogP contribution >= 0.6 is 0 Å². The van der Waals surface area contributed by atoms with Crippen molar-refractivity contribution < 1.29 is 24.4 Å². The van der Waals surface area contributed by atoms with E-state index in [1.165, 1.54) is 5.57 Å². The molecule has 9 atom stereocenters. The van der Waals surface area contributed by atoms with Crippen LogP contribution in [0.5, 0.6) is 0 Å². The molecule has 1 saturated carbocycles. The summed E-state index contributed by atoms with van der Waals surface area (Å²) in [6.45, 7) is 2.22. The number of aliphatic hydroxyl groups is 3. The molecule has 2 saturated heterocycles. The topological polar surface area (TPSA) is 106 Å². The van der Waals surface area contributed by atoms with Gasteiger partial charge in [-0.25, -0.2) is 4.39 Å². The lowest BCUT2D eigenvalue weighted by Gasteiger charge is -2.62. The van der Waals surface area contributed by atoms with Crippen molar-refractivity contribution in [1.82, 2.24) is 9.88 Å². The second kappa shape index (κ2) is 7.64. The number of ether oxygens (including phenoxy) is 1. The average molecular weight is 523 g/mol. The standard InChI is InChI=1S/C30H35FN2O5/c1-27-9-8-20-25(36)30(31)26(37)24(35)21(33(2)3)14-28(30)10-11-29(20,38-28)22(27)7-6-19(27)16-4-5-17-15-32-23(34)13-18(17)12-16/h4-6,8,12-13,15,21-22,24-26,35-37H,7,9-11,14H2,1-3H3,(H,32,34). The number of aromatic amines is 1. The molecule has 2 aliphatic heterocycles. The maximum absolute atomic E-state index is 17.0. The zero-order valence-corrected chi connectivity index (χ0v) is 21.9. The number of hydrogen-bond acceptors (Lipinski definition) is 6. The number of allylic oxidation sites excluding steroid dienone is 3. The number of aromatic nitrogens is 1. The molecule has 2 bridgehead atoms. The summed E-state index contributed by atoms with van der Waals surface area (Å²) in [4.78, 5) is 16.5. The van der Waals surface area contributed by atoms with E-state index in [0.717, 1.165) is 22.8 Å². The van der Waals surface area contributed by atoms with Gasteiger partial charge in [-0.15, -0.1) is 0 Å². The lowest BCUT2D eigenvalue weighted by molar-refractivity contribution is -0.308. The Morgan fingerprint density at radius 1 is 1.11 bits per heavy atom. The summed E-state index contributed by atoms with van der Waals surface area (Å²) >= 11 is 0. The lowest BCUT2D eigenvalue weighted by atomic mass is 9.55. The monoisotopic (exact) mass is 522 g/mol. The van der Waals surface area contributed by atoms with Gasteiger partial charge in [-0.3, -0.25) is 4.79 Å². The number of likely N-dealkylation sites (N-methyl/N-ethyl adjacent to an activating group) is 1. The van der Waals surface area contributed by atoms with Gasteiger partial charge in [-0.2, -0.15) is 0 Å². The fraction of sp³-hybridized carbons (Fsp3) is 0.567. The summed E-state index contributed by atoms with van der Waals surface area (Å²) in [6.07, 6.45) is 3.69. The number of benzene rings is 1. The molecule has 5 aliphatic rings. The first-order chi connectivity index (χ1) is 18.0. The normalized spacial score (nSPS) is 45.4. The molecule has 9 unspecified atom stereocenters. The molecule has 202 valence electrons. The smallest absolute Gasteiger partial charge is 0.248 e. The maximum Gasteiger partial charge on any atom is 0.248 e. The van der Waals surface area contributed by atoms with E-state index in [-0.39, 0.29) is 23.3 Å². The summed E-state index contributed by atoms with van der Waals surface area (Å²) in [5.41, 5.74) is -2.42. The van der Waals surface area contributed by atoms with Gasteiger partial charge in [-0.1, -0.05) is 31.2 Å². The van der Waals surface area contributed by atoms with Gasteiger partial charge in [0, 0.05) is 29.6 Å². The number of fused-ring (bicyclic) bond motifs is 2. The Labute approximate surface area is 220 Å². The van der Waals surface area contributed by atoms with Crippen LogP contribution in [0.25, 0.3) is 16.3 Å². The summed E-state index contributed by atoms with van der Waals surface area (Å²) in [6, 6.07) is 7.27. The minimum atomic E-state index is -2.49. The summed E-state index contributed by atoms with van der Waals surface area (Å²) in [5.74, 6) is -0.0137. The fourth-order valence-electron chi connectivity index (χ4n) is 8.86. The SMILES string of the molecule is CN(C)C1CC23CCC4(O2)C(=CCC2(C)C(c5ccc6c[nH]c(=O)cc6c5)=CCC24)C(O)C3(F)C(O)C1O. The molecule has 4 N–H and O–H groups in total. The molecule has 7 nitrogen and oxygen atoms in total. The van der Waals surface area contributed by atoms with E-state index in [0.29, 0.717) is 24.8 Å². The van der Waals surface area contributed by atoms with E-state index in [1.807, 2.05) is 12.1 Å². The van der Waals surface area contributed by atoms with Crippen LogP contribution in [0.2, 0.25) is 0 Å². The van der Waals surface area contributed by atoms with Crippen molar-refractivity contribution in [2.75, 3.05) is 14.1 Å². The first-order valence-electron chi connectivity index (χ1n) is 13.6. The third-order valence-corrected chi connectivity index (χ3v) is 10.8. The van der Waals surface area contributed by atoms with Gasteiger partial charge < -0.3 is 29.9 Å². The lowest BCUT2D eigenvalue weighted by Crippen LogP contribution is -2.78. The van der Waals surface area contributed by atoms with Crippen molar-refractivity contribution in [3.8, 4) is 0 Å². The number of halogens is 1. The Morgan fingerprint density at radius 2 is 1.89 bits per heavy atom. The van der Waals surface area contributed by atoms with E-state index >= 15 is 4.39 Å². The maximum atomic E-state index is 17.0. The van der Waals surface area contributed by atoms with Crippen molar-refractivity contribution >= 4 is 16.3 Å². The van der Waals surface area contributed by atoms with Gasteiger partial charge in [-0.05, 0) is 79.7 Å². The number of aliphatic hydroxyl groups excluding tert-OH is 3. The Kier molecular flexibility index (Phi) is 4.96. The molecule has 7 rings (SSSR count). The highest BCUT2D eigenvalue weighted by Gasteiger charge is 2.79. The number of alkyl halides is 1. The second-order valence-corrected chi connectivity index (χ2v) is 12.7. The van der Waals surface area contributed by atoms with Gasteiger partial charge in [0.15, 0.2) is 5.67 Å². The highest BCUT2D eigenvalue weighted by atomic mass is 19.1. The Bertz CT molecular complexity index is 1470. The molecule has 3 aliphatic carbocycles. The fourth-order valence-corrected chi connectivity index (χ4v) is 8.86. The van der Waals surface area contributed by atoms with Gasteiger partial charge >= 0.3 is 0 Å². The van der Waals surface area contributed by atoms with Crippen LogP contribution in [0, 0.1) is 11.3 Å². The molecule has 0 amide bonds. The number of hydrogen-bond donors (Lipinski definition) is 4. The van der Waals surface area contributed by atoms with E-state index in [4.69, 9.17) is 4.74 Å². The molecule has 3 heterocycles. The van der Waals surface area contributed by atoms with E-state index in [1.54, 1.807) is 31.3 Å². The molecular weight excluding hydrogens is 487 g/mol. The molecule has 1 aromatic heterocycles. The predicted octanol–water partition coefficient (Wildman–Crippen LogP) is 2.69. The van der Waals surface area contributed by atoms with Gasteiger partial charge in [0.1, 0.15) is 17.8 Å². The average Bonchev–Trinajstić information content (AvgIpc) is 3.42. The van der Waals surface area contributed by atoms with Crippen LogP contribution in [0.15, 0.2) is 53.0 Å². The van der Waals surface area contributed by atoms with Crippen molar-refractivity contribution in [3.05, 3.63) is 64.1 Å². The first-order valence-corrected chi connectivity index (χ1v) is 13.6. The van der Waals surface area contributed by atoms with Gasteiger partial charge in [0.05, 0.1) is 11.7 Å². The van der Waals surface area contributed by atoms with Crippen LogP contribution in [0.3, 0.4) is 0 Å². The quantitative estimate of drug-likeness (QED) is 0.452. The van der Waals surface area contributed by atoms with Gasteiger partial charge in [0.2, 0.25) is 5.56 Å². The third-order valence-electron chi connectivity index (χ3n) is 10.8. The predicted molar refractivity (Wildman–Crippen MR) is 141 cm³/mol. The van der Waals surface area contributed by atoms with Crippen LogP contribution < -0.4 is 5.56 Å². The van der Waals surface area contributed by atoms with Crippen molar-refractivity contribution in [3.63, 3.8) is 0 Å². The zero-order valence-electron chi connectivity index (χ0n) is 21.9. The Morgan fingerprint density at radius 3 is 2.66 bits per heavy atom. The number of rotatable bonds is 2. The van der Waals surface area contributed by atoms with Crippen LogP contribution in [0.4, 0.5) is 4.39 Å². The number of nitrogens with one attached hydrogen (secondary N) is 1. The number of H-pyrrole nitrogens is 1. The van der Waals surface area contributed by atoms with Crippen LogP contribution in [-0.4, -0.2) is 80.5 Å². The Balaban J connectivity index is 1.32. The second-order valence-electron chi connectivity index (χ2n) is 12.7. The van der Waals surface area contributed by atoms with E-state index < -0.39 is 41.2 Å². The molecule has 2 aromatic rings. The van der Waals surface area contributed by atoms with Crippen molar-refractivity contribution in [2.24, 2.45) is 11.3 Å². The number of nitrogens with zero attached hydrogens (tertiary/aromatic N) is 1. The zero-order chi connectivity index (χ0) is 26.8. The highest BCUT2D eigenvalue weighted by molar-refractivity contribution is 5.87. The summed E-state index contributed by atoms with van der Waals surface area (Å²) in [5, 5.41) is 35.4. The van der Waals surface area contributed by atoms with Crippen molar-refractivity contribution in [1.29, 1.82) is 0 Å². The minimum Gasteiger partial charge on any atom is -0.389 e. The molecule has 0 radical (unpaired) electrons. The molecule has 1 aromatic carbocycles. The molecule has 8 heteroatoms. The number of pyridine rings is 1. The largest absolute Gasteiger partial charge is 0.389 e. The first kappa shape index (κ1) is 24.7. The van der Waals surface area contributed by atoms with Gasteiger partial charge in [0.25, 0.3) is 0 Å². The molecule has 2 spiro atoms. The van der Waals surface area contributed by atoms with E-state index in [2.05, 4.69) is 30.1 Å². The van der Waals surface area contributed by atoms with Crippen molar-refractivity contribution in [2.45, 2.75) is 80.3 Å². The molecule has 38 heavy (non-hydrogen) atoms. The summed E-state index contributed by atoms with van der Waals surface area (Å²) < 4.78 is 23.9. The van der Waals surface area contributed by atoms with Crippen LogP contribution in [-0.2, 0) is 4.74 Å². The highest BCUT2D eigenvalue weighted by Crippen LogP contribution is 2.70. The molecular formula is C30H35FN2O5. The third kappa shape index (κ3) is 2.78. The minimum absolute atomic E-state index is 0.0137.